The number of aromatic nitrogens is 1. The number of ether oxygens (including phenoxy) is 1. The molecule has 0 unspecified atom stereocenters. The van der Waals surface area contributed by atoms with Gasteiger partial charge in [0.25, 0.3) is 0 Å². The average molecular weight is 228 g/mol. The van der Waals surface area contributed by atoms with Crippen molar-refractivity contribution in [1.82, 2.24) is 4.57 Å². The van der Waals surface area contributed by atoms with Gasteiger partial charge in [0.2, 0.25) is 0 Å². The number of fused-ring (bicyclic) bond motifs is 1. The number of carbonyl (C=O) groups excluding carboxylic acids is 1. The molecule has 0 bridgehead atoms. The van der Waals surface area contributed by atoms with Crippen LogP contribution in [0.1, 0.15) is 12.5 Å². The first-order valence-electron chi connectivity index (χ1n) is 5.39. The van der Waals surface area contributed by atoms with Crippen molar-refractivity contribution in [3.63, 3.8) is 0 Å². The molecular weight excluding hydrogens is 216 g/mol. The number of hydrogen-bond acceptors (Lipinski definition) is 3. The van der Waals surface area contributed by atoms with Gasteiger partial charge in [-0.1, -0.05) is 0 Å². The Morgan fingerprint density at radius 3 is 3.00 bits per heavy atom. The summed E-state index contributed by atoms with van der Waals surface area (Å²) in [6.45, 7) is 2.37. The third kappa shape index (κ3) is 2.28. The van der Waals surface area contributed by atoms with Gasteiger partial charge < -0.3 is 9.30 Å². The van der Waals surface area contributed by atoms with Crippen molar-refractivity contribution in [2.75, 3.05) is 6.61 Å². The number of carbonyl (C=O) groups is 1. The van der Waals surface area contributed by atoms with Gasteiger partial charge in [-0.3, -0.25) is 4.79 Å². The fraction of sp³-hybridized carbons (Fsp3) is 0.231. The minimum atomic E-state index is -0.255. The second-order valence-electron chi connectivity index (χ2n) is 3.63. The maximum absolute atomic E-state index is 11.4. The molecule has 17 heavy (non-hydrogen) atoms. The molecule has 1 aromatic heterocycles. The van der Waals surface area contributed by atoms with Gasteiger partial charge in [-0.25, -0.2) is 0 Å². The molecule has 0 aliphatic rings. The molecule has 0 aliphatic carbocycles. The fourth-order valence-electron chi connectivity index (χ4n) is 1.75. The van der Waals surface area contributed by atoms with Crippen molar-refractivity contribution < 1.29 is 9.53 Å². The third-order valence-electron chi connectivity index (χ3n) is 2.50. The highest BCUT2D eigenvalue weighted by Crippen LogP contribution is 2.17. The van der Waals surface area contributed by atoms with Gasteiger partial charge in [0.05, 0.1) is 18.2 Å². The summed E-state index contributed by atoms with van der Waals surface area (Å²) in [4.78, 5) is 11.4. The molecule has 0 radical (unpaired) electrons. The molecule has 2 rings (SSSR count). The summed E-state index contributed by atoms with van der Waals surface area (Å²) in [5.74, 6) is -0.255. The Balaban J connectivity index is 2.31. The summed E-state index contributed by atoms with van der Waals surface area (Å²) >= 11 is 0. The van der Waals surface area contributed by atoms with Crippen LogP contribution in [0.15, 0.2) is 30.5 Å². The van der Waals surface area contributed by atoms with Gasteiger partial charge in [0.15, 0.2) is 0 Å². The van der Waals surface area contributed by atoms with Crippen LogP contribution in [-0.4, -0.2) is 17.1 Å². The zero-order chi connectivity index (χ0) is 12.3. The van der Waals surface area contributed by atoms with Gasteiger partial charge in [0.1, 0.15) is 6.54 Å². The van der Waals surface area contributed by atoms with E-state index in [9.17, 15) is 4.79 Å². The third-order valence-corrected chi connectivity index (χ3v) is 2.50. The van der Waals surface area contributed by atoms with E-state index in [1.165, 1.54) is 0 Å². The van der Waals surface area contributed by atoms with E-state index in [4.69, 9.17) is 10.00 Å². The molecule has 0 saturated carbocycles. The van der Waals surface area contributed by atoms with Crippen molar-refractivity contribution in [3.8, 4) is 6.07 Å². The fourth-order valence-corrected chi connectivity index (χ4v) is 1.75. The summed E-state index contributed by atoms with van der Waals surface area (Å²) in [5, 5.41) is 9.74. The first kappa shape index (κ1) is 11.2. The molecule has 2 aromatic rings. The topological polar surface area (TPSA) is 55.0 Å². The maximum Gasteiger partial charge on any atom is 0.325 e. The summed E-state index contributed by atoms with van der Waals surface area (Å²) in [7, 11) is 0. The molecular formula is C13H12N2O2. The van der Waals surface area contributed by atoms with Crippen LogP contribution < -0.4 is 0 Å². The largest absolute Gasteiger partial charge is 0.465 e. The monoisotopic (exact) mass is 228 g/mol. The van der Waals surface area contributed by atoms with Crippen molar-refractivity contribution in [2.24, 2.45) is 0 Å². The van der Waals surface area contributed by atoms with E-state index in [1.54, 1.807) is 19.1 Å². The van der Waals surface area contributed by atoms with Crippen LogP contribution >= 0.6 is 0 Å². The van der Waals surface area contributed by atoms with Crippen LogP contribution in [0, 0.1) is 11.3 Å². The van der Waals surface area contributed by atoms with Gasteiger partial charge in [-0.05, 0) is 31.2 Å². The minimum Gasteiger partial charge on any atom is -0.465 e. The van der Waals surface area contributed by atoms with E-state index in [-0.39, 0.29) is 12.5 Å². The number of nitrogens with zero attached hydrogens (tertiary/aromatic N) is 2. The molecule has 0 N–H and O–H groups in total. The van der Waals surface area contributed by atoms with E-state index in [0.717, 1.165) is 10.9 Å². The number of esters is 1. The Morgan fingerprint density at radius 1 is 1.47 bits per heavy atom. The molecule has 0 aliphatic heterocycles. The molecule has 0 amide bonds. The Hall–Kier alpha value is -2.28. The quantitative estimate of drug-likeness (QED) is 0.756. The van der Waals surface area contributed by atoms with Gasteiger partial charge in [-0.2, -0.15) is 5.26 Å². The first-order valence-corrected chi connectivity index (χ1v) is 5.39. The SMILES string of the molecule is CCOC(=O)Cn1ccc2cc(C#N)ccc21. The van der Waals surface area contributed by atoms with Gasteiger partial charge in [0, 0.05) is 17.1 Å². The predicted octanol–water partition coefficient (Wildman–Crippen LogP) is 2.08. The Morgan fingerprint density at radius 2 is 2.29 bits per heavy atom. The normalized spacial score (nSPS) is 10.1. The van der Waals surface area contributed by atoms with Gasteiger partial charge in [-0.15, -0.1) is 0 Å². The molecule has 0 spiro atoms. The van der Waals surface area contributed by atoms with E-state index in [0.29, 0.717) is 12.2 Å². The van der Waals surface area contributed by atoms with E-state index in [2.05, 4.69) is 6.07 Å². The van der Waals surface area contributed by atoms with Crippen LogP contribution in [0.4, 0.5) is 0 Å². The summed E-state index contributed by atoms with van der Waals surface area (Å²) in [5.41, 5.74) is 1.54. The molecule has 1 aromatic carbocycles. The van der Waals surface area contributed by atoms with E-state index in [1.807, 2.05) is 22.9 Å². The van der Waals surface area contributed by atoms with Crippen LogP contribution in [0.25, 0.3) is 10.9 Å². The summed E-state index contributed by atoms with van der Waals surface area (Å²) in [6, 6.07) is 9.36. The van der Waals surface area contributed by atoms with Crippen molar-refractivity contribution in [2.45, 2.75) is 13.5 Å². The molecule has 4 nitrogen and oxygen atoms in total. The molecule has 0 saturated heterocycles. The van der Waals surface area contributed by atoms with Crippen molar-refractivity contribution >= 4 is 16.9 Å². The summed E-state index contributed by atoms with van der Waals surface area (Å²) in [6.07, 6.45) is 1.82. The molecule has 0 atom stereocenters. The lowest BCUT2D eigenvalue weighted by Crippen LogP contribution is -2.12. The molecule has 86 valence electrons. The van der Waals surface area contributed by atoms with Crippen molar-refractivity contribution in [1.29, 1.82) is 5.26 Å². The van der Waals surface area contributed by atoms with Crippen molar-refractivity contribution in [3.05, 3.63) is 36.0 Å². The Labute approximate surface area is 99.0 Å². The highest BCUT2D eigenvalue weighted by Gasteiger charge is 2.06. The Bertz CT molecular complexity index is 593. The molecule has 1 heterocycles. The standard InChI is InChI=1S/C13H12N2O2/c1-2-17-13(16)9-15-6-5-11-7-10(8-14)3-4-12(11)15/h3-7H,2,9H2,1H3. The first-order chi connectivity index (χ1) is 8.24. The lowest BCUT2D eigenvalue weighted by molar-refractivity contribution is -0.143. The maximum atomic E-state index is 11.4. The number of rotatable bonds is 3. The summed E-state index contributed by atoms with van der Waals surface area (Å²) < 4.78 is 6.71. The predicted molar refractivity (Wildman–Crippen MR) is 63.3 cm³/mol. The zero-order valence-electron chi connectivity index (χ0n) is 9.51. The number of benzene rings is 1. The van der Waals surface area contributed by atoms with Crippen LogP contribution in [0.5, 0.6) is 0 Å². The van der Waals surface area contributed by atoms with E-state index >= 15 is 0 Å². The highest BCUT2D eigenvalue weighted by molar-refractivity contribution is 5.83. The van der Waals surface area contributed by atoms with Gasteiger partial charge >= 0.3 is 5.97 Å². The average Bonchev–Trinajstić information content (AvgIpc) is 2.72. The van der Waals surface area contributed by atoms with Crippen LogP contribution in [0.2, 0.25) is 0 Å². The second kappa shape index (κ2) is 4.71. The highest BCUT2D eigenvalue weighted by atomic mass is 16.5. The Kier molecular flexibility index (Phi) is 3.10. The van der Waals surface area contributed by atoms with Crippen LogP contribution in [0.3, 0.4) is 0 Å². The lowest BCUT2D eigenvalue weighted by atomic mass is 10.2. The smallest absolute Gasteiger partial charge is 0.325 e. The second-order valence-corrected chi connectivity index (χ2v) is 3.63. The number of nitriles is 1. The minimum absolute atomic E-state index is 0.198. The molecule has 4 heteroatoms. The van der Waals surface area contributed by atoms with Crippen LogP contribution in [-0.2, 0) is 16.1 Å². The number of hydrogen-bond donors (Lipinski definition) is 0. The lowest BCUT2D eigenvalue weighted by Gasteiger charge is -2.04. The van der Waals surface area contributed by atoms with E-state index < -0.39 is 0 Å². The zero-order valence-corrected chi connectivity index (χ0v) is 9.51. The molecule has 0 fully saturated rings.